The summed E-state index contributed by atoms with van der Waals surface area (Å²) in [5, 5.41) is 2.94. The van der Waals surface area contributed by atoms with Crippen molar-refractivity contribution in [3.63, 3.8) is 0 Å². The molecule has 0 aliphatic carbocycles. The van der Waals surface area contributed by atoms with Crippen molar-refractivity contribution < 1.29 is 4.79 Å². The smallest absolute Gasteiger partial charge is 0.256 e. The molecule has 0 saturated heterocycles. The molecule has 1 heterocycles. The van der Waals surface area contributed by atoms with Gasteiger partial charge in [0, 0.05) is 16.8 Å². The molecule has 0 spiro atoms. The van der Waals surface area contributed by atoms with E-state index in [4.69, 9.17) is 0 Å². The van der Waals surface area contributed by atoms with Crippen molar-refractivity contribution >= 4 is 23.2 Å². The second-order valence-corrected chi connectivity index (χ2v) is 5.87. The Morgan fingerprint density at radius 2 is 1.57 bits per heavy atom. The van der Waals surface area contributed by atoms with Crippen LogP contribution in [0.4, 0.5) is 5.69 Å². The largest absolute Gasteiger partial charge is 0.321 e. The summed E-state index contributed by atoms with van der Waals surface area (Å²) in [7, 11) is 0. The number of fused-ring (bicyclic) bond motifs is 1. The van der Waals surface area contributed by atoms with Crippen LogP contribution in [0, 0.1) is 27.7 Å². The molecule has 0 bridgehead atoms. The van der Waals surface area contributed by atoms with Crippen LogP contribution in [0.25, 0.3) is 11.6 Å². The van der Waals surface area contributed by atoms with Gasteiger partial charge >= 0.3 is 0 Å². The van der Waals surface area contributed by atoms with Crippen LogP contribution in [-0.4, -0.2) is 5.91 Å². The van der Waals surface area contributed by atoms with Crippen LogP contribution in [0.1, 0.15) is 33.4 Å². The highest BCUT2D eigenvalue weighted by Gasteiger charge is 2.24. The number of carbonyl (C=O) groups is 1. The van der Waals surface area contributed by atoms with Gasteiger partial charge in [-0.2, -0.15) is 0 Å². The van der Waals surface area contributed by atoms with E-state index in [1.165, 1.54) is 16.7 Å². The van der Waals surface area contributed by atoms with Crippen LogP contribution in [0.3, 0.4) is 0 Å². The lowest BCUT2D eigenvalue weighted by molar-refractivity contribution is -0.110. The van der Waals surface area contributed by atoms with Gasteiger partial charge in [0.2, 0.25) is 0 Å². The summed E-state index contributed by atoms with van der Waals surface area (Å²) in [5.41, 5.74) is 8.61. The number of benzene rings is 2. The molecule has 21 heavy (non-hydrogen) atoms. The van der Waals surface area contributed by atoms with Crippen LogP contribution in [0.2, 0.25) is 0 Å². The van der Waals surface area contributed by atoms with Gasteiger partial charge in [0.25, 0.3) is 5.91 Å². The number of nitrogens with one attached hydrogen (secondary N) is 1. The SMILES string of the molecule is Cc1cc(C)c(/C=C2/C(=O)Nc3ccc(C)cc32)c(C)c1. The molecule has 2 aromatic carbocycles. The van der Waals surface area contributed by atoms with Crippen LogP contribution in [-0.2, 0) is 4.79 Å². The zero-order valence-corrected chi connectivity index (χ0v) is 12.9. The lowest BCUT2D eigenvalue weighted by atomic mass is 9.95. The second-order valence-electron chi connectivity index (χ2n) is 5.87. The first-order chi connectivity index (χ1) is 9.95. The molecule has 0 saturated carbocycles. The molecule has 0 aromatic heterocycles. The van der Waals surface area contributed by atoms with E-state index in [2.05, 4.69) is 44.3 Å². The Bertz CT molecular complexity index is 761. The third kappa shape index (κ3) is 2.38. The maximum absolute atomic E-state index is 12.3. The highest BCUT2D eigenvalue weighted by molar-refractivity contribution is 6.35. The lowest BCUT2D eigenvalue weighted by Crippen LogP contribution is -2.04. The zero-order chi connectivity index (χ0) is 15.1. The van der Waals surface area contributed by atoms with Crippen LogP contribution in [0.15, 0.2) is 30.3 Å². The summed E-state index contributed by atoms with van der Waals surface area (Å²) in [6.07, 6.45) is 2.02. The van der Waals surface area contributed by atoms with Gasteiger partial charge in [-0.15, -0.1) is 0 Å². The first kappa shape index (κ1) is 13.6. The van der Waals surface area contributed by atoms with E-state index in [0.29, 0.717) is 0 Å². The Balaban J connectivity index is 2.18. The average molecular weight is 277 g/mol. The fraction of sp³-hybridized carbons (Fsp3) is 0.211. The molecular weight excluding hydrogens is 258 g/mol. The van der Waals surface area contributed by atoms with E-state index < -0.39 is 0 Å². The molecule has 0 unspecified atom stereocenters. The molecule has 2 heteroatoms. The molecule has 2 nitrogen and oxygen atoms in total. The van der Waals surface area contributed by atoms with Gasteiger partial charge in [0.1, 0.15) is 0 Å². The highest BCUT2D eigenvalue weighted by Crippen LogP contribution is 2.34. The van der Waals surface area contributed by atoms with E-state index in [9.17, 15) is 4.79 Å². The van der Waals surface area contributed by atoms with Crippen molar-refractivity contribution in [1.82, 2.24) is 0 Å². The van der Waals surface area contributed by atoms with Crippen molar-refractivity contribution in [2.24, 2.45) is 0 Å². The molecule has 1 N–H and O–H groups in total. The van der Waals surface area contributed by atoms with E-state index >= 15 is 0 Å². The zero-order valence-electron chi connectivity index (χ0n) is 12.9. The summed E-state index contributed by atoms with van der Waals surface area (Å²) in [6, 6.07) is 10.4. The second kappa shape index (κ2) is 4.88. The monoisotopic (exact) mass is 277 g/mol. The van der Waals surface area contributed by atoms with Crippen LogP contribution >= 0.6 is 0 Å². The third-order valence-electron chi connectivity index (χ3n) is 3.98. The normalized spacial score (nSPS) is 15.2. The van der Waals surface area contributed by atoms with Crippen molar-refractivity contribution in [2.75, 3.05) is 5.32 Å². The van der Waals surface area contributed by atoms with Gasteiger partial charge in [-0.25, -0.2) is 0 Å². The molecule has 1 aliphatic heterocycles. The summed E-state index contributed by atoms with van der Waals surface area (Å²) >= 11 is 0. The number of carbonyl (C=O) groups excluding carboxylic acids is 1. The van der Waals surface area contributed by atoms with E-state index in [1.807, 2.05) is 25.1 Å². The maximum atomic E-state index is 12.3. The molecule has 1 aliphatic rings. The van der Waals surface area contributed by atoms with Crippen molar-refractivity contribution in [1.29, 1.82) is 0 Å². The Kier molecular flexibility index (Phi) is 3.17. The minimum Gasteiger partial charge on any atom is -0.321 e. The van der Waals surface area contributed by atoms with Gasteiger partial charge in [0.05, 0.1) is 0 Å². The Morgan fingerprint density at radius 1 is 0.905 bits per heavy atom. The van der Waals surface area contributed by atoms with Crippen LogP contribution in [0.5, 0.6) is 0 Å². The number of aryl methyl sites for hydroxylation is 4. The fourth-order valence-electron chi connectivity index (χ4n) is 3.01. The van der Waals surface area contributed by atoms with Gasteiger partial charge < -0.3 is 5.32 Å². The van der Waals surface area contributed by atoms with E-state index in [1.54, 1.807) is 0 Å². The van der Waals surface area contributed by atoms with Gasteiger partial charge in [-0.1, -0.05) is 29.3 Å². The Labute approximate surface area is 125 Å². The highest BCUT2D eigenvalue weighted by atomic mass is 16.2. The number of rotatable bonds is 1. The number of anilines is 1. The van der Waals surface area contributed by atoms with Crippen molar-refractivity contribution in [3.05, 3.63) is 63.7 Å². The molecule has 1 amide bonds. The minimum absolute atomic E-state index is 0.0185. The summed E-state index contributed by atoms with van der Waals surface area (Å²) in [5.74, 6) is -0.0185. The van der Waals surface area contributed by atoms with Gasteiger partial charge in [-0.3, -0.25) is 4.79 Å². The minimum atomic E-state index is -0.0185. The topological polar surface area (TPSA) is 29.1 Å². The lowest BCUT2D eigenvalue weighted by Gasteiger charge is -2.08. The number of hydrogen-bond acceptors (Lipinski definition) is 1. The maximum Gasteiger partial charge on any atom is 0.256 e. The van der Waals surface area contributed by atoms with Crippen molar-refractivity contribution in [3.8, 4) is 0 Å². The van der Waals surface area contributed by atoms with Crippen LogP contribution < -0.4 is 5.32 Å². The molecule has 106 valence electrons. The predicted octanol–water partition coefficient (Wildman–Crippen LogP) is 4.41. The first-order valence-corrected chi connectivity index (χ1v) is 7.17. The first-order valence-electron chi connectivity index (χ1n) is 7.17. The molecule has 2 aromatic rings. The number of hydrogen-bond donors (Lipinski definition) is 1. The van der Waals surface area contributed by atoms with E-state index in [0.717, 1.165) is 28.0 Å². The van der Waals surface area contributed by atoms with E-state index in [-0.39, 0.29) is 5.91 Å². The molecular formula is C19H19NO. The van der Waals surface area contributed by atoms with Gasteiger partial charge in [0.15, 0.2) is 0 Å². The average Bonchev–Trinajstić information content (AvgIpc) is 2.69. The fourth-order valence-corrected chi connectivity index (χ4v) is 3.01. The molecule has 0 radical (unpaired) electrons. The summed E-state index contributed by atoms with van der Waals surface area (Å²) in [4.78, 5) is 12.3. The summed E-state index contributed by atoms with van der Waals surface area (Å²) in [6.45, 7) is 8.33. The number of amides is 1. The molecule has 0 fully saturated rings. The predicted molar refractivity (Wildman–Crippen MR) is 88.3 cm³/mol. The third-order valence-corrected chi connectivity index (χ3v) is 3.98. The van der Waals surface area contributed by atoms with Gasteiger partial charge in [-0.05, 0) is 62.6 Å². The standard InChI is InChI=1S/C19H19NO/c1-11-5-6-18-16(9-11)17(19(21)20-18)10-15-13(3)7-12(2)8-14(15)4/h5-10H,1-4H3,(H,20,21)/b17-10+. The Morgan fingerprint density at radius 3 is 2.24 bits per heavy atom. The molecule has 0 atom stereocenters. The Hall–Kier alpha value is -2.35. The quantitative estimate of drug-likeness (QED) is 0.768. The summed E-state index contributed by atoms with van der Waals surface area (Å²) < 4.78 is 0. The van der Waals surface area contributed by atoms with Crippen molar-refractivity contribution in [2.45, 2.75) is 27.7 Å². The molecule has 3 rings (SSSR count).